The molecule has 1 atom stereocenters. The Labute approximate surface area is 127 Å². The van der Waals surface area contributed by atoms with E-state index < -0.39 is 0 Å². The zero-order valence-electron chi connectivity index (χ0n) is 12.9. The van der Waals surface area contributed by atoms with Crippen molar-refractivity contribution in [2.75, 3.05) is 39.4 Å². The van der Waals surface area contributed by atoms with Gasteiger partial charge in [-0.15, -0.1) is 0 Å². The fourth-order valence-corrected chi connectivity index (χ4v) is 3.22. The first-order valence-electron chi connectivity index (χ1n) is 8.23. The zero-order chi connectivity index (χ0) is 14.5. The van der Waals surface area contributed by atoms with Crippen molar-refractivity contribution in [1.82, 2.24) is 10.2 Å². The molecule has 0 bridgehead atoms. The first-order chi connectivity index (χ1) is 10.4. The number of unbranched alkanes of at least 4 members (excludes halogenated alkanes) is 1. The first kappa shape index (κ1) is 14.7. The van der Waals surface area contributed by atoms with E-state index >= 15 is 0 Å². The largest absolute Gasteiger partial charge is 0.486 e. The number of rotatable bonds is 5. The second kappa shape index (κ2) is 7.14. The van der Waals surface area contributed by atoms with Crippen LogP contribution in [0.3, 0.4) is 0 Å². The maximum absolute atomic E-state index is 5.75. The minimum Gasteiger partial charge on any atom is -0.486 e. The summed E-state index contributed by atoms with van der Waals surface area (Å²) in [5.41, 5.74) is 1.37. The summed E-state index contributed by atoms with van der Waals surface area (Å²) in [6.45, 7) is 8.01. The van der Waals surface area contributed by atoms with Gasteiger partial charge in [-0.3, -0.25) is 4.90 Å². The topological polar surface area (TPSA) is 33.7 Å². The Balaban J connectivity index is 1.80. The van der Waals surface area contributed by atoms with Crippen LogP contribution in [0.25, 0.3) is 0 Å². The summed E-state index contributed by atoms with van der Waals surface area (Å²) in [5, 5.41) is 3.44. The van der Waals surface area contributed by atoms with Crippen LogP contribution in [0.4, 0.5) is 0 Å². The molecular weight excluding hydrogens is 264 g/mol. The summed E-state index contributed by atoms with van der Waals surface area (Å²) in [5.74, 6) is 1.80. The van der Waals surface area contributed by atoms with Crippen LogP contribution in [0.2, 0.25) is 0 Å². The molecule has 0 radical (unpaired) electrons. The van der Waals surface area contributed by atoms with Crippen LogP contribution in [0.1, 0.15) is 37.8 Å². The van der Waals surface area contributed by atoms with Crippen molar-refractivity contribution in [3.8, 4) is 11.5 Å². The van der Waals surface area contributed by atoms with Gasteiger partial charge in [-0.25, -0.2) is 0 Å². The molecule has 0 unspecified atom stereocenters. The highest BCUT2D eigenvalue weighted by Gasteiger charge is 2.23. The van der Waals surface area contributed by atoms with Gasteiger partial charge in [-0.2, -0.15) is 0 Å². The Bertz CT molecular complexity index is 458. The molecule has 1 saturated heterocycles. The van der Waals surface area contributed by atoms with Crippen LogP contribution < -0.4 is 14.8 Å². The molecule has 0 spiro atoms. The molecule has 0 aliphatic carbocycles. The normalized spacial score (nSPS) is 20.2. The van der Waals surface area contributed by atoms with Crippen molar-refractivity contribution in [1.29, 1.82) is 0 Å². The molecule has 21 heavy (non-hydrogen) atoms. The van der Waals surface area contributed by atoms with E-state index in [0.717, 1.165) is 37.7 Å². The molecule has 1 fully saturated rings. The Morgan fingerprint density at radius 1 is 1.14 bits per heavy atom. The summed E-state index contributed by atoms with van der Waals surface area (Å²) in [6.07, 6.45) is 3.73. The van der Waals surface area contributed by atoms with Crippen LogP contribution in [0.5, 0.6) is 11.5 Å². The van der Waals surface area contributed by atoms with Gasteiger partial charge in [0.2, 0.25) is 0 Å². The lowest BCUT2D eigenvalue weighted by molar-refractivity contribution is 0.158. The van der Waals surface area contributed by atoms with Crippen molar-refractivity contribution in [3.63, 3.8) is 0 Å². The number of benzene rings is 1. The maximum Gasteiger partial charge on any atom is 0.161 e. The van der Waals surface area contributed by atoms with Crippen molar-refractivity contribution < 1.29 is 9.47 Å². The average molecular weight is 290 g/mol. The minimum absolute atomic E-state index is 0.503. The lowest BCUT2D eigenvalue weighted by atomic mass is 9.98. The monoisotopic (exact) mass is 290 g/mol. The van der Waals surface area contributed by atoms with Gasteiger partial charge in [-0.05, 0) is 24.1 Å². The van der Waals surface area contributed by atoms with Crippen LogP contribution >= 0.6 is 0 Å². The molecule has 0 saturated carbocycles. The Morgan fingerprint density at radius 3 is 2.67 bits per heavy atom. The molecule has 116 valence electrons. The standard InChI is InChI=1S/C17H26N2O2/c1-2-3-4-15(19-9-7-18-8-10-19)14-5-6-16-17(13-14)21-12-11-20-16/h5-6,13,15,18H,2-4,7-12H2,1H3/t15-/m0/s1. The molecule has 0 aromatic heterocycles. The summed E-state index contributed by atoms with van der Waals surface area (Å²) < 4.78 is 11.4. The molecular formula is C17H26N2O2. The molecule has 1 N–H and O–H groups in total. The van der Waals surface area contributed by atoms with E-state index in [1.165, 1.54) is 24.8 Å². The third-order valence-electron chi connectivity index (χ3n) is 4.37. The smallest absolute Gasteiger partial charge is 0.161 e. The van der Waals surface area contributed by atoms with Crippen molar-refractivity contribution in [2.24, 2.45) is 0 Å². The number of fused-ring (bicyclic) bond motifs is 1. The van der Waals surface area contributed by atoms with E-state index in [4.69, 9.17) is 9.47 Å². The highest BCUT2D eigenvalue weighted by Crippen LogP contribution is 2.35. The Morgan fingerprint density at radius 2 is 1.90 bits per heavy atom. The Kier molecular flexibility index (Phi) is 4.99. The predicted molar refractivity (Wildman–Crippen MR) is 84.1 cm³/mol. The lowest BCUT2D eigenvalue weighted by Gasteiger charge is -2.35. The van der Waals surface area contributed by atoms with Crippen LogP contribution in [0.15, 0.2) is 18.2 Å². The molecule has 2 aliphatic heterocycles. The quantitative estimate of drug-likeness (QED) is 0.904. The second-order valence-corrected chi connectivity index (χ2v) is 5.85. The number of hydrogen-bond donors (Lipinski definition) is 1. The highest BCUT2D eigenvalue weighted by molar-refractivity contribution is 5.44. The van der Waals surface area contributed by atoms with E-state index in [1.54, 1.807) is 0 Å². The van der Waals surface area contributed by atoms with Gasteiger partial charge in [-0.1, -0.05) is 25.8 Å². The lowest BCUT2D eigenvalue weighted by Crippen LogP contribution is -2.45. The molecule has 2 heterocycles. The summed E-state index contributed by atoms with van der Waals surface area (Å²) in [4.78, 5) is 2.61. The molecule has 3 rings (SSSR count). The molecule has 2 aliphatic rings. The van der Waals surface area contributed by atoms with Gasteiger partial charge < -0.3 is 14.8 Å². The predicted octanol–water partition coefficient (Wildman–Crippen LogP) is 2.59. The van der Waals surface area contributed by atoms with Crippen molar-refractivity contribution >= 4 is 0 Å². The van der Waals surface area contributed by atoms with Gasteiger partial charge in [0.15, 0.2) is 11.5 Å². The maximum atomic E-state index is 5.75. The van der Waals surface area contributed by atoms with Gasteiger partial charge in [0.25, 0.3) is 0 Å². The fraction of sp³-hybridized carbons (Fsp3) is 0.647. The number of piperazine rings is 1. The van der Waals surface area contributed by atoms with Gasteiger partial charge in [0, 0.05) is 32.2 Å². The molecule has 4 heteroatoms. The van der Waals surface area contributed by atoms with Crippen molar-refractivity contribution in [2.45, 2.75) is 32.2 Å². The first-order valence-corrected chi connectivity index (χ1v) is 8.23. The number of nitrogens with zero attached hydrogens (tertiary/aromatic N) is 1. The molecule has 0 amide bonds. The molecule has 4 nitrogen and oxygen atoms in total. The molecule has 1 aromatic carbocycles. The number of nitrogens with one attached hydrogen (secondary N) is 1. The molecule has 1 aromatic rings. The van der Waals surface area contributed by atoms with Crippen molar-refractivity contribution in [3.05, 3.63) is 23.8 Å². The summed E-state index contributed by atoms with van der Waals surface area (Å²) in [6, 6.07) is 6.99. The summed E-state index contributed by atoms with van der Waals surface area (Å²) in [7, 11) is 0. The zero-order valence-corrected chi connectivity index (χ0v) is 12.9. The van der Waals surface area contributed by atoms with Gasteiger partial charge >= 0.3 is 0 Å². The van der Waals surface area contributed by atoms with E-state index in [9.17, 15) is 0 Å². The SMILES string of the molecule is CCCC[C@@H](c1ccc2c(c1)OCCO2)N1CCNCC1. The van der Waals surface area contributed by atoms with Crippen LogP contribution in [-0.2, 0) is 0 Å². The Hall–Kier alpha value is -1.26. The fourth-order valence-electron chi connectivity index (χ4n) is 3.22. The van der Waals surface area contributed by atoms with Crippen LogP contribution in [-0.4, -0.2) is 44.3 Å². The number of ether oxygens (including phenoxy) is 2. The average Bonchev–Trinajstić information content (AvgIpc) is 2.56. The van der Waals surface area contributed by atoms with Gasteiger partial charge in [0.05, 0.1) is 0 Å². The highest BCUT2D eigenvalue weighted by atomic mass is 16.6. The minimum atomic E-state index is 0.503. The second-order valence-electron chi connectivity index (χ2n) is 5.85. The van der Waals surface area contributed by atoms with E-state index in [0.29, 0.717) is 19.3 Å². The third kappa shape index (κ3) is 3.50. The van der Waals surface area contributed by atoms with E-state index in [-0.39, 0.29) is 0 Å². The van der Waals surface area contributed by atoms with Crippen LogP contribution in [0, 0.1) is 0 Å². The number of hydrogen-bond acceptors (Lipinski definition) is 4. The third-order valence-corrected chi connectivity index (χ3v) is 4.37. The van der Waals surface area contributed by atoms with Gasteiger partial charge in [0.1, 0.15) is 13.2 Å². The van der Waals surface area contributed by atoms with E-state index in [1.807, 2.05) is 0 Å². The van der Waals surface area contributed by atoms with E-state index in [2.05, 4.69) is 35.3 Å². The summed E-state index contributed by atoms with van der Waals surface area (Å²) >= 11 is 0.